The van der Waals surface area contributed by atoms with Crippen LogP contribution in [0.1, 0.15) is 30.8 Å². The lowest BCUT2D eigenvalue weighted by Gasteiger charge is -2.21. The van der Waals surface area contributed by atoms with Crippen LogP contribution in [0.3, 0.4) is 0 Å². The molecule has 0 unspecified atom stereocenters. The van der Waals surface area contributed by atoms with Crippen LogP contribution in [-0.4, -0.2) is 41.5 Å². The number of hydrogen-bond donors (Lipinski definition) is 1. The van der Waals surface area contributed by atoms with E-state index in [9.17, 15) is 9.59 Å². The average Bonchev–Trinajstić information content (AvgIpc) is 2.78. The maximum atomic E-state index is 12.4. The van der Waals surface area contributed by atoms with Crippen LogP contribution in [-0.2, 0) is 16.1 Å². The number of carbonyl (C=O) groups excluding carboxylic acids is 2. The molecule has 19 heavy (non-hydrogen) atoms. The molecule has 0 aliphatic carbocycles. The molecule has 6 heteroatoms. The molecule has 1 aromatic rings. The minimum Gasteiger partial charge on any atom is -0.468 e. The first-order valence-electron chi connectivity index (χ1n) is 6.35. The van der Waals surface area contributed by atoms with Crippen LogP contribution in [0, 0.1) is 0 Å². The van der Waals surface area contributed by atoms with Crippen molar-refractivity contribution >= 4 is 17.6 Å². The zero-order valence-electron chi connectivity index (χ0n) is 11.7. The highest BCUT2D eigenvalue weighted by molar-refractivity contribution is 5.95. The highest BCUT2D eigenvalue weighted by Crippen LogP contribution is 2.13. The Morgan fingerprint density at radius 1 is 1.42 bits per heavy atom. The summed E-state index contributed by atoms with van der Waals surface area (Å²) in [5.74, 6) is -0.629. The number of rotatable bonds is 6. The van der Waals surface area contributed by atoms with Crippen LogP contribution < -0.4 is 5.73 Å². The van der Waals surface area contributed by atoms with Gasteiger partial charge in [0.25, 0.3) is 5.91 Å². The predicted octanol–water partition coefficient (Wildman–Crippen LogP) is 1.12. The van der Waals surface area contributed by atoms with Crippen LogP contribution in [0.15, 0.2) is 12.3 Å². The second kappa shape index (κ2) is 6.82. The fourth-order valence-corrected chi connectivity index (χ4v) is 1.88. The lowest BCUT2D eigenvalue weighted by Crippen LogP contribution is -2.37. The second-order valence-corrected chi connectivity index (χ2v) is 4.25. The summed E-state index contributed by atoms with van der Waals surface area (Å²) in [5, 5.41) is 0. The number of anilines is 1. The van der Waals surface area contributed by atoms with Gasteiger partial charge >= 0.3 is 5.97 Å². The molecule has 0 radical (unpaired) electrons. The van der Waals surface area contributed by atoms with E-state index < -0.39 is 5.97 Å². The van der Waals surface area contributed by atoms with Crippen molar-refractivity contribution in [2.75, 3.05) is 25.9 Å². The molecule has 106 valence electrons. The molecule has 0 aliphatic heterocycles. The van der Waals surface area contributed by atoms with E-state index in [4.69, 9.17) is 5.73 Å². The Hall–Kier alpha value is -1.98. The van der Waals surface area contributed by atoms with Crippen molar-refractivity contribution < 1.29 is 14.3 Å². The molecule has 0 saturated carbocycles. The van der Waals surface area contributed by atoms with Gasteiger partial charge in [-0.3, -0.25) is 9.59 Å². The first-order valence-corrected chi connectivity index (χ1v) is 6.35. The summed E-state index contributed by atoms with van der Waals surface area (Å²) in [6, 6.07) is 1.63. The van der Waals surface area contributed by atoms with Crippen LogP contribution in [0.25, 0.3) is 0 Å². The SMILES string of the molecule is CCCN(CC(=O)OC)C(=O)c1cc(N)cn1CC. The van der Waals surface area contributed by atoms with Gasteiger partial charge in [-0.05, 0) is 19.4 Å². The molecule has 1 rings (SSSR count). The van der Waals surface area contributed by atoms with Crippen molar-refractivity contribution in [2.24, 2.45) is 0 Å². The fraction of sp³-hybridized carbons (Fsp3) is 0.538. The highest BCUT2D eigenvalue weighted by Gasteiger charge is 2.21. The Balaban J connectivity index is 2.94. The number of amides is 1. The Morgan fingerprint density at radius 3 is 2.63 bits per heavy atom. The third kappa shape index (κ3) is 3.74. The Morgan fingerprint density at radius 2 is 2.11 bits per heavy atom. The van der Waals surface area contributed by atoms with E-state index >= 15 is 0 Å². The standard InChI is InChI=1S/C13H21N3O3/c1-4-6-16(9-12(17)19-3)13(18)11-7-10(14)8-15(11)5-2/h7-8H,4-6,9,14H2,1-3H3. The molecular weight excluding hydrogens is 246 g/mol. The van der Waals surface area contributed by atoms with E-state index in [-0.39, 0.29) is 12.5 Å². The number of ether oxygens (including phenoxy) is 1. The molecule has 0 saturated heterocycles. The number of carbonyl (C=O) groups is 2. The van der Waals surface area contributed by atoms with Crippen molar-refractivity contribution in [2.45, 2.75) is 26.8 Å². The van der Waals surface area contributed by atoms with Crippen molar-refractivity contribution in [3.63, 3.8) is 0 Å². The quantitative estimate of drug-likeness (QED) is 0.783. The molecule has 1 aromatic heterocycles. The maximum absolute atomic E-state index is 12.4. The van der Waals surface area contributed by atoms with Gasteiger partial charge in [0.1, 0.15) is 12.2 Å². The van der Waals surface area contributed by atoms with Gasteiger partial charge in [-0.1, -0.05) is 6.92 Å². The number of esters is 1. The van der Waals surface area contributed by atoms with Gasteiger partial charge < -0.3 is 19.9 Å². The molecule has 0 atom stereocenters. The monoisotopic (exact) mass is 267 g/mol. The lowest BCUT2D eigenvalue weighted by atomic mass is 10.3. The zero-order chi connectivity index (χ0) is 14.4. The van der Waals surface area contributed by atoms with Crippen LogP contribution >= 0.6 is 0 Å². The highest BCUT2D eigenvalue weighted by atomic mass is 16.5. The normalized spacial score (nSPS) is 10.3. The third-order valence-electron chi connectivity index (χ3n) is 2.81. The van der Waals surface area contributed by atoms with Crippen molar-refractivity contribution in [3.05, 3.63) is 18.0 Å². The van der Waals surface area contributed by atoms with E-state index in [0.717, 1.165) is 6.42 Å². The second-order valence-electron chi connectivity index (χ2n) is 4.25. The van der Waals surface area contributed by atoms with E-state index in [0.29, 0.717) is 24.5 Å². The lowest BCUT2D eigenvalue weighted by molar-refractivity contribution is -0.141. The zero-order valence-corrected chi connectivity index (χ0v) is 11.7. The fourth-order valence-electron chi connectivity index (χ4n) is 1.88. The molecule has 0 spiro atoms. The van der Waals surface area contributed by atoms with Gasteiger partial charge in [0, 0.05) is 19.3 Å². The number of nitrogens with zero attached hydrogens (tertiary/aromatic N) is 2. The number of nitrogens with two attached hydrogens (primary N) is 1. The first kappa shape index (κ1) is 15.1. The maximum Gasteiger partial charge on any atom is 0.325 e. The Labute approximate surface area is 113 Å². The number of methoxy groups -OCH3 is 1. The molecule has 0 aromatic carbocycles. The number of hydrogen-bond acceptors (Lipinski definition) is 4. The Kier molecular flexibility index (Phi) is 5.41. The molecule has 6 nitrogen and oxygen atoms in total. The summed E-state index contributed by atoms with van der Waals surface area (Å²) in [7, 11) is 1.31. The largest absolute Gasteiger partial charge is 0.468 e. The molecule has 2 N–H and O–H groups in total. The topological polar surface area (TPSA) is 77.6 Å². The number of aromatic nitrogens is 1. The molecule has 0 fully saturated rings. The van der Waals surface area contributed by atoms with Gasteiger partial charge in [-0.25, -0.2) is 0 Å². The predicted molar refractivity (Wildman–Crippen MR) is 72.7 cm³/mol. The van der Waals surface area contributed by atoms with Crippen molar-refractivity contribution in [1.82, 2.24) is 9.47 Å². The van der Waals surface area contributed by atoms with Gasteiger partial charge in [0.15, 0.2) is 0 Å². The summed E-state index contributed by atoms with van der Waals surface area (Å²) < 4.78 is 6.39. The van der Waals surface area contributed by atoms with Gasteiger partial charge in [-0.2, -0.15) is 0 Å². The minimum absolute atomic E-state index is 0.0437. The molecule has 1 heterocycles. The molecular formula is C13H21N3O3. The molecule has 0 bridgehead atoms. The average molecular weight is 267 g/mol. The van der Waals surface area contributed by atoms with E-state index in [1.54, 1.807) is 16.8 Å². The number of aryl methyl sites for hydroxylation is 1. The van der Waals surface area contributed by atoms with E-state index in [1.165, 1.54) is 12.0 Å². The van der Waals surface area contributed by atoms with E-state index in [2.05, 4.69) is 4.74 Å². The summed E-state index contributed by atoms with van der Waals surface area (Å²) in [6.45, 7) is 4.99. The van der Waals surface area contributed by atoms with Gasteiger partial charge in [0.2, 0.25) is 0 Å². The summed E-state index contributed by atoms with van der Waals surface area (Å²) in [4.78, 5) is 25.2. The summed E-state index contributed by atoms with van der Waals surface area (Å²) in [6.07, 6.45) is 2.49. The van der Waals surface area contributed by atoms with Crippen LogP contribution in [0.2, 0.25) is 0 Å². The smallest absolute Gasteiger partial charge is 0.325 e. The minimum atomic E-state index is -0.427. The molecule has 1 amide bonds. The van der Waals surface area contributed by atoms with Crippen LogP contribution in [0.5, 0.6) is 0 Å². The summed E-state index contributed by atoms with van der Waals surface area (Å²) in [5.41, 5.74) is 6.75. The molecule has 0 aliphatic rings. The van der Waals surface area contributed by atoms with E-state index in [1.807, 2.05) is 13.8 Å². The van der Waals surface area contributed by atoms with Gasteiger partial charge in [0.05, 0.1) is 12.8 Å². The summed E-state index contributed by atoms with van der Waals surface area (Å²) >= 11 is 0. The van der Waals surface area contributed by atoms with Crippen molar-refractivity contribution in [3.8, 4) is 0 Å². The third-order valence-corrected chi connectivity index (χ3v) is 2.81. The Bertz CT molecular complexity index is 454. The number of nitrogen functional groups attached to an aromatic ring is 1. The van der Waals surface area contributed by atoms with Crippen molar-refractivity contribution in [1.29, 1.82) is 0 Å². The van der Waals surface area contributed by atoms with Crippen LogP contribution in [0.4, 0.5) is 5.69 Å². The first-order chi connectivity index (χ1) is 9.03. The van der Waals surface area contributed by atoms with Gasteiger partial charge in [-0.15, -0.1) is 0 Å².